The van der Waals surface area contributed by atoms with E-state index in [-0.39, 0.29) is 17.6 Å². The number of rotatable bonds is 14. The van der Waals surface area contributed by atoms with Gasteiger partial charge in [0.1, 0.15) is 12.1 Å². The highest BCUT2D eigenvalue weighted by Gasteiger charge is 2.27. The quantitative estimate of drug-likeness (QED) is 0.182. The van der Waals surface area contributed by atoms with Crippen LogP contribution in [0.3, 0.4) is 0 Å². The van der Waals surface area contributed by atoms with E-state index < -0.39 is 35.9 Å². The summed E-state index contributed by atoms with van der Waals surface area (Å²) in [5.41, 5.74) is 5.19. The molecule has 0 radical (unpaired) electrons. The number of aliphatic hydroxyl groups is 1. The van der Waals surface area contributed by atoms with E-state index in [9.17, 15) is 24.3 Å². The van der Waals surface area contributed by atoms with E-state index in [1.54, 1.807) is 12.1 Å². The number of aliphatic hydroxyl groups excluding tert-OH is 1. The van der Waals surface area contributed by atoms with E-state index in [2.05, 4.69) is 16.0 Å². The maximum atomic E-state index is 12.4. The molecule has 0 bridgehead atoms. The molecule has 4 amide bonds. The molecule has 0 heterocycles. The number of hydrogen-bond acceptors (Lipinski definition) is 6. The number of carbonyl (C=O) groups excluding carboxylic acids is 4. The lowest BCUT2D eigenvalue weighted by molar-refractivity contribution is -0.132. The van der Waals surface area contributed by atoms with Crippen LogP contribution in [0.25, 0.3) is 0 Å². The van der Waals surface area contributed by atoms with Gasteiger partial charge in [-0.05, 0) is 44.4 Å². The third kappa shape index (κ3) is 11.4. The zero-order chi connectivity index (χ0) is 25.8. The Hall–Kier alpha value is -2.01. The minimum Gasteiger partial charge on any atom is -0.391 e. The summed E-state index contributed by atoms with van der Waals surface area (Å²) >= 11 is 13.5. The Bertz CT molecular complexity index is 872. The van der Waals surface area contributed by atoms with Gasteiger partial charge in [0.05, 0.1) is 16.1 Å². The van der Waals surface area contributed by atoms with E-state index in [1.165, 1.54) is 25.6 Å². The SMILES string of the molecule is CC(=O)N[C@@H](CCCCNC(=O)C[C@@H](C)Sc1ccc(Cl)c(Cl)c1)C(=O)N[C@H](C(N)=O)[C@@H](C)O. The second kappa shape index (κ2) is 15.1. The number of unbranched alkanes of at least 4 members (excludes halogenated alkanes) is 1. The van der Waals surface area contributed by atoms with Crippen molar-refractivity contribution in [3.05, 3.63) is 28.2 Å². The minimum atomic E-state index is -1.26. The fourth-order valence-electron chi connectivity index (χ4n) is 3.06. The Morgan fingerprint density at radius 1 is 1.09 bits per heavy atom. The van der Waals surface area contributed by atoms with Crippen molar-refractivity contribution in [2.24, 2.45) is 5.73 Å². The fraction of sp³-hybridized carbons (Fsp3) is 0.545. The predicted octanol–water partition coefficient (Wildman–Crippen LogP) is 2.01. The van der Waals surface area contributed by atoms with Crippen molar-refractivity contribution in [2.75, 3.05) is 6.54 Å². The number of carbonyl (C=O) groups is 4. The summed E-state index contributed by atoms with van der Waals surface area (Å²) in [6.45, 7) is 4.96. The molecule has 0 aromatic heterocycles. The second-order valence-corrected chi connectivity index (χ2v) is 10.3. The van der Waals surface area contributed by atoms with Gasteiger partial charge in [-0.2, -0.15) is 0 Å². The number of nitrogens with one attached hydrogen (secondary N) is 3. The van der Waals surface area contributed by atoms with Crippen LogP contribution in [0.1, 0.15) is 46.5 Å². The van der Waals surface area contributed by atoms with Gasteiger partial charge in [0.25, 0.3) is 0 Å². The Kier molecular flexibility index (Phi) is 13.3. The Morgan fingerprint density at radius 3 is 2.32 bits per heavy atom. The molecule has 6 N–H and O–H groups in total. The van der Waals surface area contributed by atoms with E-state index in [0.717, 1.165) is 4.90 Å². The van der Waals surface area contributed by atoms with Gasteiger partial charge in [-0.1, -0.05) is 30.1 Å². The normalized spacial score (nSPS) is 14.4. The standard InChI is InChI=1S/C22H32Cl2N4O5S/c1-12(34-15-7-8-16(23)17(24)11-15)10-19(31)26-9-5-4-6-18(27-14(3)30)22(33)28-20(13(2)29)21(25)32/h7-8,11-13,18,20,29H,4-6,9-10H2,1-3H3,(H2,25,32)(H,26,31)(H,27,30)(H,28,33)/t12-,13-,18+,20+/m1/s1. The van der Waals surface area contributed by atoms with Gasteiger partial charge < -0.3 is 26.8 Å². The molecule has 0 aliphatic rings. The summed E-state index contributed by atoms with van der Waals surface area (Å²) in [6.07, 6.45) is 0.541. The Balaban J connectivity index is 2.42. The summed E-state index contributed by atoms with van der Waals surface area (Å²) in [6, 6.07) is 3.17. The van der Waals surface area contributed by atoms with Gasteiger partial charge in [0, 0.05) is 30.0 Å². The molecule has 4 atom stereocenters. The molecule has 1 aromatic carbocycles. The number of hydrogen-bond donors (Lipinski definition) is 5. The number of benzene rings is 1. The predicted molar refractivity (Wildman–Crippen MR) is 134 cm³/mol. The highest BCUT2D eigenvalue weighted by molar-refractivity contribution is 8.00. The molecular weight excluding hydrogens is 503 g/mol. The summed E-state index contributed by atoms with van der Waals surface area (Å²) in [5.74, 6) is -2.00. The first-order valence-electron chi connectivity index (χ1n) is 10.8. The molecule has 1 rings (SSSR count). The zero-order valence-corrected chi connectivity index (χ0v) is 21.7. The molecule has 0 fully saturated rings. The van der Waals surface area contributed by atoms with Crippen molar-refractivity contribution in [1.82, 2.24) is 16.0 Å². The van der Waals surface area contributed by atoms with Gasteiger partial charge in [-0.25, -0.2) is 0 Å². The first-order chi connectivity index (χ1) is 15.9. The molecule has 0 aliphatic carbocycles. The van der Waals surface area contributed by atoms with Crippen LogP contribution >= 0.6 is 35.0 Å². The first-order valence-corrected chi connectivity index (χ1v) is 12.5. The first kappa shape index (κ1) is 30.0. The molecule has 1 aromatic rings. The van der Waals surface area contributed by atoms with Gasteiger partial charge in [0.15, 0.2) is 0 Å². The average molecular weight is 535 g/mol. The minimum absolute atomic E-state index is 0.0252. The second-order valence-electron chi connectivity index (χ2n) is 7.94. The number of amides is 4. The number of halogens is 2. The van der Waals surface area contributed by atoms with E-state index >= 15 is 0 Å². The van der Waals surface area contributed by atoms with Crippen LogP contribution in [-0.2, 0) is 19.2 Å². The molecule has 0 saturated heterocycles. The highest BCUT2D eigenvalue weighted by atomic mass is 35.5. The van der Waals surface area contributed by atoms with Crippen LogP contribution in [0.2, 0.25) is 10.0 Å². The lowest BCUT2D eigenvalue weighted by Crippen LogP contribution is -2.56. The number of primary amides is 1. The van der Waals surface area contributed by atoms with Gasteiger partial charge in [0.2, 0.25) is 23.6 Å². The van der Waals surface area contributed by atoms with Crippen molar-refractivity contribution in [2.45, 2.75) is 74.8 Å². The van der Waals surface area contributed by atoms with Crippen LogP contribution in [0, 0.1) is 0 Å². The van der Waals surface area contributed by atoms with Gasteiger partial charge >= 0.3 is 0 Å². The summed E-state index contributed by atoms with van der Waals surface area (Å²) < 4.78 is 0. The van der Waals surface area contributed by atoms with Crippen LogP contribution in [0.15, 0.2) is 23.1 Å². The van der Waals surface area contributed by atoms with Crippen LogP contribution in [0.5, 0.6) is 0 Å². The van der Waals surface area contributed by atoms with Crippen LogP contribution in [-0.4, -0.2) is 58.7 Å². The molecular formula is C22H32Cl2N4O5S. The topological polar surface area (TPSA) is 151 Å². The molecule has 12 heteroatoms. The number of nitrogens with two attached hydrogens (primary N) is 1. The Morgan fingerprint density at radius 2 is 1.76 bits per heavy atom. The fourth-order valence-corrected chi connectivity index (χ4v) is 4.45. The molecule has 9 nitrogen and oxygen atoms in total. The molecule has 190 valence electrons. The average Bonchev–Trinajstić information content (AvgIpc) is 2.72. The largest absolute Gasteiger partial charge is 0.391 e. The van der Waals surface area contributed by atoms with Crippen molar-refractivity contribution < 1.29 is 24.3 Å². The van der Waals surface area contributed by atoms with Crippen molar-refractivity contribution in [3.8, 4) is 0 Å². The summed E-state index contributed by atoms with van der Waals surface area (Å²) in [5, 5.41) is 18.3. The smallest absolute Gasteiger partial charge is 0.243 e. The van der Waals surface area contributed by atoms with Crippen molar-refractivity contribution in [1.29, 1.82) is 0 Å². The molecule has 0 spiro atoms. The summed E-state index contributed by atoms with van der Waals surface area (Å²) in [7, 11) is 0. The van der Waals surface area contributed by atoms with E-state index in [1.807, 2.05) is 13.0 Å². The van der Waals surface area contributed by atoms with E-state index in [4.69, 9.17) is 28.9 Å². The van der Waals surface area contributed by atoms with Crippen LogP contribution < -0.4 is 21.7 Å². The molecule has 0 unspecified atom stereocenters. The lowest BCUT2D eigenvalue weighted by Gasteiger charge is -2.23. The number of thioether (sulfide) groups is 1. The van der Waals surface area contributed by atoms with Crippen molar-refractivity contribution in [3.63, 3.8) is 0 Å². The molecule has 0 saturated carbocycles. The lowest BCUT2D eigenvalue weighted by atomic mass is 10.1. The van der Waals surface area contributed by atoms with Crippen LogP contribution in [0.4, 0.5) is 0 Å². The van der Waals surface area contributed by atoms with E-state index in [0.29, 0.717) is 35.9 Å². The molecule has 34 heavy (non-hydrogen) atoms. The maximum absolute atomic E-state index is 12.4. The molecule has 0 aliphatic heterocycles. The zero-order valence-electron chi connectivity index (χ0n) is 19.4. The maximum Gasteiger partial charge on any atom is 0.243 e. The monoisotopic (exact) mass is 534 g/mol. The Labute approximate surface area is 213 Å². The highest BCUT2D eigenvalue weighted by Crippen LogP contribution is 2.31. The summed E-state index contributed by atoms with van der Waals surface area (Å²) in [4.78, 5) is 48.4. The van der Waals surface area contributed by atoms with Gasteiger partial charge in [-0.15, -0.1) is 11.8 Å². The third-order valence-electron chi connectivity index (χ3n) is 4.72. The van der Waals surface area contributed by atoms with Gasteiger partial charge in [-0.3, -0.25) is 19.2 Å². The van der Waals surface area contributed by atoms with Crippen molar-refractivity contribution >= 4 is 58.6 Å². The third-order valence-corrected chi connectivity index (χ3v) is 6.56.